The van der Waals surface area contributed by atoms with Crippen molar-refractivity contribution >= 4 is 17.3 Å². The number of rotatable bonds is 6. The number of hydrogen-bond donors (Lipinski definition) is 0. The second kappa shape index (κ2) is 8.63. The smallest absolute Gasteiger partial charge is 0.241 e. The minimum atomic E-state index is 0.571. The Labute approximate surface area is 169 Å². The van der Waals surface area contributed by atoms with E-state index in [1.165, 1.54) is 0 Å². The second-order valence-corrected chi connectivity index (χ2v) is 7.12. The molecule has 0 aliphatic carbocycles. The van der Waals surface area contributed by atoms with Crippen molar-refractivity contribution in [1.29, 1.82) is 0 Å². The third-order valence-electron chi connectivity index (χ3n) is 4.79. The van der Waals surface area contributed by atoms with Crippen LogP contribution in [0.2, 0.25) is 5.02 Å². The number of benzene rings is 2. The zero-order valence-electron chi connectivity index (χ0n) is 15.8. The fourth-order valence-corrected chi connectivity index (χ4v) is 3.59. The van der Waals surface area contributed by atoms with Gasteiger partial charge in [0, 0.05) is 36.8 Å². The first-order valence-corrected chi connectivity index (χ1v) is 9.88. The topological polar surface area (TPSA) is 54.6 Å². The van der Waals surface area contributed by atoms with Gasteiger partial charge in [-0.2, -0.15) is 4.98 Å². The van der Waals surface area contributed by atoms with Gasteiger partial charge in [-0.15, -0.1) is 0 Å². The largest absolute Gasteiger partial charge is 0.492 e. The van der Waals surface area contributed by atoms with Crippen molar-refractivity contribution in [2.45, 2.75) is 13.5 Å². The number of piperazine rings is 1. The lowest BCUT2D eigenvalue weighted by atomic mass is 10.2. The molecule has 0 atom stereocenters. The SMILES string of the molecule is CCOc1ccccc1N1CCN(Cc2nc(-c3cccc(Cl)c3)no2)CC1. The summed E-state index contributed by atoms with van der Waals surface area (Å²) in [5.74, 6) is 2.14. The molecule has 146 valence electrons. The second-order valence-electron chi connectivity index (χ2n) is 6.69. The molecule has 2 aromatic carbocycles. The minimum absolute atomic E-state index is 0.571. The zero-order chi connectivity index (χ0) is 19.3. The van der Waals surface area contributed by atoms with E-state index in [9.17, 15) is 0 Å². The van der Waals surface area contributed by atoms with Crippen LogP contribution in [0.1, 0.15) is 12.8 Å². The van der Waals surface area contributed by atoms with Crippen LogP contribution >= 0.6 is 11.6 Å². The van der Waals surface area contributed by atoms with Crippen LogP contribution < -0.4 is 9.64 Å². The molecule has 4 rings (SSSR count). The third-order valence-corrected chi connectivity index (χ3v) is 5.02. The molecule has 6 nitrogen and oxygen atoms in total. The van der Waals surface area contributed by atoms with E-state index in [0.29, 0.717) is 29.9 Å². The predicted octanol–water partition coefficient (Wildman–Crippen LogP) is 4.11. The fourth-order valence-electron chi connectivity index (χ4n) is 3.40. The summed E-state index contributed by atoms with van der Waals surface area (Å²) in [5, 5.41) is 4.75. The summed E-state index contributed by atoms with van der Waals surface area (Å²) >= 11 is 6.04. The Morgan fingerprint density at radius 3 is 2.68 bits per heavy atom. The van der Waals surface area contributed by atoms with E-state index in [4.69, 9.17) is 20.9 Å². The Morgan fingerprint density at radius 1 is 1.07 bits per heavy atom. The highest BCUT2D eigenvalue weighted by Gasteiger charge is 2.21. The molecule has 3 aromatic rings. The lowest BCUT2D eigenvalue weighted by Crippen LogP contribution is -2.46. The van der Waals surface area contributed by atoms with E-state index in [1.807, 2.05) is 43.3 Å². The zero-order valence-corrected chi connectivity index (χ0v) is 16.6. The number of aromatic nitrogens is 2. The molecule has 0 spiro atoms. The summed E-state index contributed by atoms with van der Waals surface area (Å²) in [4.78, 5) is 9.22. The molecule has 1 aliphatic heterocycles. The van der Waals surface area contributed by atoms with E-state index in [1.54, 1.807) is 0 Å². The summed E-state index contributed by atoms with van der Waals surface area (Å²) in [6.07, 6.45) is 0. The molecule has 7 heteroatoms. The van der Waals surface area contributed by atoms with Gasteiger partial charge in [-0.1, -0.05) is 41.0 Å². The molecular weight excluding hydrogens is 376 g/mol. The van der Waals surface area contributed by atoms with Crippen molar-refractivity contribution in [1.82, 2.24) is 15.0 Å². The van der Waals surface area contributed by atoms with E-state index < -0.39 is 0 Å². The maximum Gasteiger partial charge on any atom is 0.241 e. The standard InChI is InChI=1S/C21H23ClN4O2/c1-2-27-19-9-4-3-8-18(19)26-12-10-25(11-13-26)15-20-23-21(24-28-20)16-6-5-7-17(22)14-16/h3-9,14H,2,10-13,15H2,1H3. The average Bonchev–Trinajstić information content (AvgIpc) is 3.18. The number of para-hydroxylation sites is 2. The summed E-state index contributed by atoms with van der Waals surface area (Å²) in [5.41, 5.74) is 2.02. The third kappa shape index (κ3) is 4.29. The van der Waals surface area contributed by atoms with Crippen LogP contribution in [-0.2, 0) is 6.54 Å². The Bertz CT molecular complexity index is 922. The van der Waals surface area contributed by atoms with Crippen LogP contribution in [0.3, 0.4) is 0 Å². The first-order valence-electron chi connectivity index (χ1n) is 9.50. The van der Waals surface area contributed by atoms with Crippen LogP contribution in [-0.4, -0.2) is 47.8 Å². The van der Waals surface area contributed by atoms with Gasteiger partial charge in [0.25, 0.3) is 0 Å². The van der Waals surface area contributed by atoms with Crippen LogP contribution in [0.4, 0.5) is 5.69 Å². The van der Waals surface area contributed by atoms with Gasteiger partial charge in [-0.05, 0) is 31.2 Å². The van der Waals surface area contributed by atoms with Crippen LogP contribution in [0.5, 0.6) is 5.75 Å². The van der Waals surface area contributed by atoms with Gasteiger partial charge in [0.05, 0.1) is 18.8 Å². The molecule has 0 saturated carbocycles. The van der Waals surface area contributed by atoms with Gasteiger partial charge in [0.15, 0.2) is 0 Å². The monoisotopic (exact) mass is 398 g/mol. The molecule has 0 N–H and O–H groups in total. The van der Waals surface area contributed by atoms with Crippen molar-refractivity contribution in [3.63, 3.8) is 0 Å². The average molecular weight is 399 g/mol. The predicted molar refractivity (Wildman–Crippen MR) is 110 cm³/mol. The molecule has 1 aromatic heterocycles. The maximum atomic E-state index is 6.04. The number of halogens is 1. The van der Waals surface area contributed by atoms with Gasteiger partial charge in [-0.25, -0.2) is 0 Å². The summed E-state index contributed by atoms with van der Waals surface area (Å²) in [6.45, 7) is 7.04. The molecular formula is C21H23ClN4O2. The van der Waals surface area contributed by atoms with Crippen molar-refractivity contribution < 1.29 is 9.26 Å². The highest BCUT2D eigenvalue weighted by Crippen LogP contribution is 2.29. The highest BCUT2D eigenvalue weighted by atomic mass is 35.5. The molecule has 0 amide bonds. The van der Waals surface area contributed by atoms with Gasteiger partial charge in [0.1, 0.15) is 5.75 Å². The van der Waals surface area contributed by atoms with E-state index in [2.05, 4.69) is 32.1 Å². The van der Waals surface area contributed by atoms with Crippen molar-refractivity contribution in [3.8, 4) is 17.1 Å². The van der Waals surface area contributed by atoms with Crippen LogP contribution in [0.25, 0.3) is 11.4 Å². The molecule has 1 saturated heterocycles. The van der Waals surface area contributed by atoms with Crippen LogP contribution in [0, 0.1) is 0 Å². The first kappa shape index (κ1) is 18.8. The number of ether oxygens (including phenoxy) is 1. The quantitative estimate of drug-likeness (QED) is 0.622. The highest BCUT2D eigenvalue weighted by molar-refractivity contribution is 6.30. The Hall–Kier alpha value is -2.57. The number of hydrogen-bond acceptors (Lipinski definition) is 6. The Balaban J connectivity index is 1.36. The number of nitrogens with zero attached hydrogens (tertiary/aromatic N) is 4. The molecule has 1 fully saturated rings. The molecule has 1 aliphatic rings. The summed E-state index contributed by atoms with van der Waals surface area (Å²) < 4.78 is 11.2. The minimum Gasteiger partial charge on any atom is -0.492 e. The normalized spacial score (nSPS) is 15.0. The maximum absolute atomic E-state index is 6.04. The Kier molecular flexibility index (Phi) is 5.78. The molecule has 0 radical (unpaired) electrons. The summed E-state index contributed by atoms with van der Waals surface area (Å²) in [6, 6.07) is 15.7. The van der Waals surface area contributed by atoms with Gasteiger partial charge < -0.3 is 14.2 Å². The molecule has 2 heterocycles. The lowest BCUT2D eigenvalue weighted by Gasteiger charge is -2.36. The lowest BCUT2D eigenvalue weighted by molar-refractivity contribution is 0.215. The molecule has 28 heavy (non-hydrogen) atoms. The van der Waals surface area contributed by atoms with E-state index in [0.717, 1.165) is 43.2 Å². The molecule has 0 unspecified atom stereocenters. The molecule has 0 bridgehead atoms. The van der Waals surface area contributed by atoms with E-state index in [-0.39, 0.29) is 0 Å². The van der Waals surface area contributed by atoms with Gasteiger partial charge in [0.2, 0.25) is 11.7 Å². The van der Waals surface area contributed by atoms with Gasteiger partial charge >= 0.3 is 0 Å². The van der Waals surface area contributed by atoms with E-state index >= 15 is 0 Å². The number of anilines is 1. The van der Waals surface area contributed by atoms with Gasteiger partial charge in [-0.3, -0.25) is 4.90 Å². The van der Waals surface area contributed by atoms with Crippen molar-refractivity contribution in [2.75, 3.05) is 37.7 Å². The van der Waals surface area contributed by atoms with Crippen molar-refractivity contribution in [2.24, 2.45) is 0 Å². The van der Waals surface area contributed by atoms with Crippen molar-refractivity contribution in [3.05, 3.63) is 59.4 Å². The first-order chi connectivity index (χ1) is 13.7. The van der Waals surface area contributed by atoms with Crippen LogP contribution in [0.15, 0.2) is 53.1 Å². The Morgan fingerprint density at radius 2 is 1.89 bits per heavy atom. The summed E-state index contributed by atoms with van der Waals surface area (Å²) in [7, 11) is 0. The fraction of sp³-hybridized carbons (Fsp3) is 0.333.